The lowest BCUT2D eigenvalue weighted by atomic mass is 10.1. The first-order chi connectivity index (χ1) is 13.2. The van der Waals surface area contributed by atoms with Crippen LogP contribution in [0, 0.1) is 20.8 Å². The van der Waals surface area contributed by atoms with Crippen LogP contribution in [0.3, 0.4) is 0 Å². The number of carbonyl (C=O) groups is 2. The molecule has 0 unspecified atom stereocenters. The number of hydrogen-bond acceptors (Lipinski definition) is 3. The lowest BCUT2D eigenvalue weighted by molar-refractivity contribution is -0.116. The van der Waals surface area contributed by atoms with Gasteiger partial charge in [-0.1, -0.05) is 24.6 Å². The molecule has 28 heavy (non-hydrogen) atoms. The van der Waals surface area contributed by atoms with E-state index < -0.39 is 0 Å². The topological polar surface area (TPSA) is 52.7 Å². The van der Waals surface area contributed by atoms with Gasteiger partial charge in [-0.3, -0.25) is 9.59 Å². The normalized spacial score (nSPS) is 10.5. The Morgan fingerprint density at radius 1 is 0.964 bits per heavy atom. The number of nitrogens with zero attached hydrogens (tertiary/aromatic N) is 2. The predicted molar refractivity (Wildman–Crippen MR) is 116 cm³/mol. The van der Waals surface area contributed by atoms with E-state index in [-0.39, 0.29) is 18.4 Å². The Morgan fingerprint density at radius 2 is 1.54 bits per heavy atom. The second-order valence-electron chi connectivity index (χ2n) is 7.45. The largest absolute Gasteiger partial charge is 0.375 e. The SMILES string of the molecule is CCCN(C)c1ccc(C(=O)N(C)CC(=O)Nc2c(C)cc(C)cc2C)cc1. The third kappa shape index (κ3) is 5.35. The average Bonchev–Trinajstić information content (AvgIpc) is 2.64. The van der Waals surface area contributed by atoms with Crippen LogP contribution in [0.1, 0.15) is 40.4 Å². The van der Waals surface area contributed by atoms with E-state index in [1.165, 1.54) is 4.90 Å². The van der Waals surface area contributed by atoms with Crippen LogP contribution < -0.4 is 10.2 Å². The number of amides is 2. The zero-order chi connectivity index (χ0) is 20.8. The maximum Gasteiger partial charge on any atom is 0.254 e. The van der Waals surface area contributed by atoms with Gasteiger partial charge >= 0.3 is 0 Å². The van der Waals surface area contributed by atoms with Gasteiger partial charge in [0.25, 0.3) is 5.91 Å². The Bertz CT molecular complexity index is 820. The molecule has 0 aliphatic carbocycles. The highest BCUT2D eigenvalue weighted by Crippen LogP contribution is 2.22. The summed E-state index contributed by atoms with van der Waals surface area (Å²) < 4.78 is 0. The molecule has 0 radical (unpaired) electrons. The molecule has 0 saturated heterocycles. The zero-order valence-electron chi connectivity index (χ0n) is 17.8. The Balaban J connectivity index is 2.01. The highest BCUT2D eigenvalue weighted by molar-refractivity contribution is 6.00. The van der Waals surface area contributed by atoms with E-state index in [1.54, 1.807) is 7.05 Å². The van der Waals surface area contributed by atoms with Crippen molar-refractivity contribution < 1.29 is 9.59 Å². The smallest absolute Gasteiger partial charge is 0.254 e. The number of carbonyl (C=O) groups excluding carboxylic acids is 2. The summed E-state index contributed by atoms with van der Waals surface area (Å²) in [6, 6.07) is 11.6. The summed E-state index contributed by atoms with van der Waals surface area (Å²) in [5.74, 6) is -0.373. The number of anilines is 2. The number of hydrogen-bond donors (Lipinski definition) is 1. The van der Waals surface area contributed by atoms with Crippen LogP contribution in [0.25, 0.3) is 0 Å². The molecule has 2 aromatic carbocycles. The number of benzene rings is 2. The van der Waals surface area contributed by atoms with Gasteiger partial charge in [0.2, 0.25) is 5.91 Å². The minimum atomic E-state index is -0.204. The van der Waals surface area contributed by atoms with E-state index in [0.717, 1.165) is 41.0 Å². The second kappa shape index (κ2) is 9.40. The van der Waals surface area contributed by atoms with Gasteiger partial charge in [-0.15, -0.1) is 0 Å². The fraction of sp³-hybridized carbons (Fsp3) is 0.391. The van der Waals surface area contributed by atoms with Crippen molar-refractivity contribution in [2.45, 2.75) is 34.1 Å². The fourth-order valence-corrected chi connectivity index (χ4v) is 3.39. The lowest BCUT2D eigenvalue weighted by Gasteiger charge is -2.20. The summed E-state index contributed by atoms with van der Waals surface area (Å²) in [4.78, 5) is 28.7. The Hall–Kier alpha value is -2.82. The van der Waals surface area contributed by atoms with E-state index in [1.807, 2.05) is 64.2 Å². The molecule has 2 amide bonds. The standard InChI is InChI=1S/C23H31N3O2/c1-7-12-25(5)20-10-8-19(9-11-20)23(28)26(6)15-21(27)24-22-17(3)13-16(2)14-18(22)4/h8-11,13-14H,7,12,15H2,1-6H3,(H,24,27). The number of aryl methyl sites for hydroxylation is 3. The van der Waals surface area contributed by atoms with E-state index in [9.17, 15) is 9.59 Å². The van der Waals surface area contributed by atoms with Crippen molar-refractivity contribution in [3.8, 4) is 0 Å². The molecule has 0 spiro atoms. The molecule has 0 atom stereocenters. The molecule has 0 aliphatic rings. The number of rotatable bonds is 7. The molecule has 0 bridgehead atoms. The van der Waals surface area contributed by atoms with E-state index in [4.69, 9.17) is 0 Å². The van der Waals surface area contributed by atoms with Gasteiger partial charge < -0.3 is 15.1 Å². The van der Waals surface area contributed by atoms with Crippen LogP contribution in [0.2, 0.25) is 0 Å². The van der Waals surface area contributed by atoms with Gasteiger partial charge in [-0.2, -0.15) is 0 Å². The summed E-state index contributed by atoms with van der Waals surface area (Å²) >= 11 is 0. The van der Waals surface area contributed by atoms with Crippen LogP contribution in [-0.2, 0) is 4.79 Å². The maximum atomic E-state index is 12.7. The van der Waals surface area contributed by atoms with E-state index in [2.05, 4.69) is 17.1 Å². The summed E-state index contributed by atoms with van der Waals surface area (Å²) in [6.07, 6.45) is 1.06. The quantitative estimate of drug-likeness (QED) is 0.783. The molecule has 0 heterocycles. The van der Waals surface area contributed by atoms with Crippen molar-refractivity contribution >= 4 is 23.2 Å². The maximum absolute atomic E-state index is 12.7. The van der Waals surface area contributed by atoms with Gasteiger partial charge in [0.15, 0.2) is 0 Å². The minimum Gasteiger partial charge on any atom is -0.375 e. The van der Waals surface area contributed by atoms with Gasteiger partial charge in [-0.05, 0) is 62.6 Å². The average molecular weight is 382 g/mol. The Morgan fingerprint density at radius 3 is 2.07 bits per heavy atom. The van der Waals surface area contributed by atoms with Crippen molar-refractivity contribution in [1.29, 1.82) is 0 Å². The first kappa shape index (κ1) is 21.5. The van der Waals surface area contributed by atoms with Crippen molar-refractivity contribution in [2.24, 2.45) is 0 Å². The van der Waals surface area contributed by atoms with Crippen molar-refractivity contribution in [3.05, 3.63) is 58.7 Å². The Labute approximate surface area is 168 Å². The van der Waals surface area contributed by atoms with Gasteiger partial charge in [-0.25, -0.2) is 0 Å². The molecule has 1 N–H and O–H groups in total. The summed E-state index contributed by atoms with van der Waals surface area (Å²) in [5.41, 5.74) is 5.67. The van der Waals surface area contributed by atoms with Crippen LogP contribution >= 0.6 is 0 Å². The highest BCUT2D eigenvalue weighted by atomic mass is 16.2. The fourth-order valence-electron chi connectivity index (χ4n) is 3.39. The number of nitrogens with one attached hydrogen (secondary N) is 1. The summed E-state index contributed by atoms with van der Waals surface area (Å²) in [7, 11) is 3.68. The second-order valence-corrected chi connectivity index (χ2v) is 7.45. The molecule has 5 nitrogen and oxygen atoms in total. The van der Waals surface area contributed by atoms with Gasteiger partial charge in [0, 0.05) is 37.6 Å². The first-order valence-electron chi connectivity index (χ1n) is 9.67. The third-order valence-corrected chi connectivity index (χ3v) is 4.78. The minimum absolute atomic E-state index is 0.00305. The molecule has 2 aromatic rings. The van der Waals surface area contributed by atoms with Crippen LogP contribution in [0.4, 0.5) is 11.4 Å². The molecule has 0 fully saturated rings. The van der Waals surface area contributed by atoms with Crippen molar-refractivity contribution in [2.75, 3.05) is 37.4 Å². The molecule has 150 valence electrons. The van der Waals surface area contributed by atoms with Gasteiger partial charge in [0.05, 0.1) is 6.54 Å². The lowest BCUT2D eigenvalue weighted by Crippen LogP contribution is -2.35. The van der Waals surface area contributed by atoms with Crippen molar-refractivity contribution in [1.82, 2.24) is 4.90 Å². The zero-order valence-corrected chi connectivity index (χ0v) is 17.8. The van der Waals surface area contributed by atoms with Crippen LogP contribution in [0.15, 0.2) is 36.4 Å². The van der Waals surface area contributed by atoms with Crippen molar-refractivity contribution in [3.63, 3.8) is 0 Å². The molecule has 5 heteroatoms. The predicted octanol–water partition coefficient (Wildman–Crippen LogP) is 4.17. The summed E-state index contributed by atoms with van der Waals surface area (Å²) in [5, 5.41) is 2.94. The highest BCUT2D eigenvalue weighted by Gasteiger charge is 2.16. The van der Waals surface area contributed by atoms with Crippen LogP contribution in [0.5, 0.6) is 0 Å². The van der Waals surface area contributed by atoms with E-state index >= 15 is 0 Å². The molecule has 0 aromatic heterocycles. The number of likely N-dealkylation sites (N-methyl/N-ethyl adjacent to an activating group) is 1. The molecule has 2 rings (SSSR count). The Kier molecular flexibility index (Phi) is 7.21. The molecular weight excluding hydrogens is 350 g/mol. The first-order valence-corrected chi connectivity index (χ1v) is 9.67. The van der Waals surface area contributed by atoms with E-state index in [0.29, 0.717) is 5.56 Å². The van der Waals surface area contributed by atoms with Crippen LogP contribution in [-0.4, -0.2) is 43.9 Å². The molecule has 0 aliphatic heterocycles. The molecular formula is C23H31N3O2. The monoisotopic (exact) mass is 381 g/mol. The van der Waals surface area contributed by atoms with Gasteiger partial charge in [0.1, 0.15) is 0 Å². The molecule has 0 saturated carbocycles. The third-order valence-electron chi connectivity index (χ3n) is 4.78. The summed E-state index contributed by atoms with van der Waals surface area (Å²) in [6.45, 7) is 9.08.